The van der Waals surface area contributed by atoms with Crippen molar-refractivity contribution >= 4 is 11.7 Å². The number of hydrogen-bond acceptors (Lipinski definition) is 3. The molecule has 1 aliphatic rings. The smallest absolute Gasteiger partial charge is 0.338 e. The Balaban J connectivity index is 2.19. The molecule has 1 aliphatic carbocycles. The van der Waals surface area contributed by atoms with Gasteiger partial charge in [-0.25, -0.2) is 4.79 Å². The third-order valence-corrected chi connectivity index (χ3v) is 3.51. The molecule has 1 aromatic rings. The zero-order valence-electron chi connectivity index (χ0n) is 10.0. The highest BCUT2D eigenvalue weighted by Crippen LogP contribution is 2.26. The molecular weight excluding hydrogens is 216 g/mol. The fraction of sp³-hybridized carbons (Fsp3) is 0.462. The number of rotatable bonds is 4. The van der Waals surface area contributed by atoms with Gasteiger partial charge in [0.05, 0.1) is 5.56 Å². The molecule has 0 radical (unpaired) electrons. The molecule has 92 valence electrons. The van der Waals surface area contributed by atoms with Gasteiger partial charge < -0.3 is 10.8 Å². The van der Waals surface area contributed by atoms with Crippen LogP contribution >= 0.6 is 0 Å². The predicted molar refractivity (Wildman–Crippen MR) is 66.9 cm³/mol. The van der Waals surface area contributed by atoms with Crippen molar-refractivity contribution in [3.63, 3.8) is 0 Å². The van der Waals surface area contributed by atoms with Gasteiger partial charge in [-0.2, -0.15) is 0 Å². The van der Waals surface area contributed by atoms with Crippen LogP contribution in [0.15, 0.2) is 18.2 Å². The van der Waals surface area contributed by atoms with Crippen LogP contribution in [0.5, 0.6) is 0 Å². The number of nitrogen functional groups attached to an aromatic ring is 1. The number of aromatic carboxylic acids is 1. The van der Waals surface area contributed by atoms with E-state index in [1.807, 2.05) is 19.2 Å². The number of hydrogen-bond donors (Lipinski definition) is 2. The standard InChI is InChI=1S/C13H18N2O2/c1-15(10-5-3-6-10)8-9-4-2-7-11(14)12(9)13(16)17/h2,4,7,10H,3,5-6,8,14H2,1H3,(H,16,17). The molecule has 1 fully saturated rings. The highest BCUT2D eigenvalue weighted by Gasteiger charge is 2.23. The van der Waals surface area contributed by atoms with E-state index in [0.29, 0.717) is 18.3 Å². The summed E-state index contributed by atoms with van der Waals surface area (Å²) in [6.07, 6.45) is 3.69. The van der Waals surface area contributed by atoms with Crippen molar-refractivity contribution in [3.8, 4) is 0 Å². The Labute approximate surface area is 101 Å². The lowest BCUT2D eigenvalue weighted by atomic mass is 9.91. The monoisotopic (exact) mass is 234 g/mol. The van der Waals surface area contributed by atoms with Crippen LogP contribution in [0, 0.1) is 0 Å². The van der Waals surface area contributed by atoms with Crippen LogP contribution in [0.4, 0.5) is 5.69 Å². The van der Waals surface area contributed by atoms with Gasteiger partial charge in [-0.05, 0) is 31.5 Å². The van der Waals surface area contributed by atoms with Gasteiger partial charge in [-0.1, -0.05) is 18.6 Å². The fourth-order valence-electron chi connectivity index (χ4n) is 2.24. The van der Waals surface area contributed by atoms with Crippen LogP contribution in [-0.4, -0.2) is 29.1 Å². The summed E-state index contributed by atoms with van der Waals surface area (Å²) in [5.74, 6) is -0.944. The quantitative estimate of drug-likeness (QED) is 0.781. The van der Waals surface area contributed by atoms with Crippen LogP contribution < -0.4 is 5.73 Å². The third-order valence-electron chi connectivity index (χ3n) is 3.51. The van der Waals surface area contributed by atoms with Gasteiger partial charge in [-0.3, -0.25) is 4.90 Å². The van der Waals surface area contributed by atoms with Crippen molar-refractivity contribution in [1.82, 2.24) is 4.90 Å². The van der Waals surface area contributed by atoms with Gasteiger partial charge >= 0.3 is 5.97 Å². The Morgan fingerprint density at radius 2 is 2.24 bits per heavy atom. The van der Waals surface area contributed by atoms with E-state index in [0.717, 1.165) is 5.56 Å². The summed E-state index contributed by atoms with van der Waals surface area (Å²) in [7, 11) is 2.04. The first-order valence-electron chi connectivity index (χ1n) is 5.90. The Morgan fingerprint density at radius 1 is 1.53 bits per heavy atom. The summed E-state index contributed by atoms with van der Waals surface area (Å²) < 4.78 is 0. The molecule has 17 heavy (non-hydrogen) atoms. The average Bonchev–Trinajstić information content (AvgIpc) is 2.13. The largest absolute Gasteiger partial charge is 0.478 e. The van der Waals surface area contributed by atoms with Gasteiger partial charge in [0.25, 0.3) is 0 Å². The van der Waals surface area contributed by atoms with Gasteiger partial charge in [0.2, 0.25) is 0 Å². The van der Waals surface area contributed by atoms with E-state index >= 15 is 0 Å². The molecule has 2 rings (SSSR count). The normalized spacial score (nSPS) is 15.9. The maximum absolute atomic E-state index is 11.2. The summed E-state index contributed by atoms with van der Waals surface area (Å²) >= 11 is 0. The van der Waals surface area contributed by atoms with Crippen molar-refractivity contribution in [3.05, 3.63) is 29.3 Å². The maximum Gasteiger partial charge on any atom is 0.338 e. The second-order valence-corrected chi connectivity index (χ2v) is 4.69. The van der Waals surface area contributed by atoms with E-state index < -0.39 is 5.97 Å². The molecule has 0 atom stereocenters. The zero-order chi connectivity index (χ0) is 12.4. The molecule has 0 aliphatic heterocycles. The average molecular weight is 234 g/mol. The minimum Gasteiger partial charge on any atom is -0.478 e. The van der Waals surface area contributed by atoms with Crippen molar-refractivity contribution < 1.29 is 9.90 Å². The Kier molecular flexibility index (Phi) is 3.33. The molecule has 4 nitrogen and oxygen atoms in total. The van der Waals surface area contributed by atoms with E-state index in [-0.39, 0.29) is 5.56 Å². The number of nitrogens with two attached hydrogens (primary N) is 1. The summed E-state index contributed by atoms with van der Waals surface area (Å²) in [4.78, 5) is 13.4. The second-order valence-electron chi connectivity index (χ2n) is 4.69. The summed E-state index contributed by atoms with van der Waals surface area (Å²) in [6.45, 7) is 0.650. The van der Waals surface area contributed by atoms with E-state index in [4.69, 9.17) is 5.73 Å². The first-order valence-corrected chi connectivity index (χ1v) is 5.90. The number of carbonyl (C=O) groups is 1. The first kappa shape index (κ1) is 11.9. The summed E-state index contributed by atoms with van der Waals surface area (Å²) in [5, 5.41) is 9.17. The van der Waals surface area contributed by atoms with E-state index in [2.05, 4.69) is 4.90 Å². The van der Waals surface area contributed by atoms with Crippen molar-refractivity contribution in [2.45, 2.75) is 31.8 Å². The Bertz CT molecular complexity index is 427. The van der Waals surface area contributed by atoms with E-state index in [1.165, 1.54) is 19.3 Å². The van der Waals surface area contributed by atoms with Gasteiger partial charge in [-0.15, -0.1) is 0 Å². The summed E-state index contributed by atoms with van der Waals surface area (Å²) in [6, 6.07) is 5.88. The van der Waals surface area contributed by atoms with Gasteiger partial charge in [0, 0.05) is 18.3 Å². The van der Waals surface area contributed by atoms with Crippen LogP contribution in [-0.2, 0) is 6.54 Å². The van der Waals surface area contributed by atoms with Crippen molar-refractivity contribution in [2.75, 3.05) is 12.8 Å². The number of nitrogens with zero attached hydrogens (tertiary/aromatic N) is 1. The molecule has 0 bridgehead atoms. The number of anilines is 1. The fourth-order valence-corrected chi connectivity index (χ4v) is 2.24. The Morgan fingerprint density at radius 3 is 2.76 bits per heavy atom. The minimum absolute atomic E-state index is 0.249. The number of carboxylic acids is 1. The molecule has 0 unspecified atom stereocenters. The highest BCUT2D eigenvalue weighted by molar-refractivity contribution is 5.95. The SMILES string of the molecule is CN(Cc1cccc(N)c1C(=O)O)C1CCC1. The van der Waals surface area contributed by atoms with Crippen molar-refractivity contribution in [1.29, 1.82) is 0 Å². The number of carboxylic acid groups (broad SMARTS) is 1. The van der Waals surface area contributed by atoms with E-state index in [9.17, 15) is 9.90 Å². The molecule has 4 heteroatoms. The Hall–Kier alpha value is -1.55. The molecule has 1 aromatic carbocycles. The first-order chi connectivity index (χ1) is 8.09. The minimum atomic E-state index is -0.944. The topological polar surface area (TPSA) is 66.6 Å². The maximum atomic E-state index is 11.2. The number of benzene rings is 1. The molecule has 0 aromatic heterocycles. The lowest BCUT2D eigenvalue weighted by Crippen LogP contribution is -2.36. The lowest BCUT2D eigenvalue weighted by Gasteiger charge is -2.35. The van der Waals surface area contributed by atoms with Gasteiger partial charge in [0.15, 0.2) is 0 Å². The van der Waals surface area contributed by atoms with E-state index in [1.54, 1.807) is 6.07 Å². The molecule has 0 heterocycles. The molecule has 0 spiro atoms. The van der Waals surface area contributed by atoms with Crippen LogP contribution in [0.3, 0.4) is 0 Å². The molecule has 3 N–H and O–H groups in total. The second kappa shape index (κ2) is 4.75. The molecule has 0 amide bonds. The van der Waals surface area contributed by atoms with Crippen LogP contribution in [0.2, 0.25) is 0 Å². The molecule has 0 saturated heterocycles. The van der Waals surface area contributed by atoms with Crippen LogP contribution in [0.1, 0.15) is 35.2 Å². The third kappa shape index (κ3) is 2.42. The van der Waals surface area contributed by atoms with Crippen LogP contribution in [0.25, 0.3) is 0 Å². The summed E-state index contributed by atoms with van der Waals surface area (Å²) in [5.41, 5.74) is 7.11. The van der Waals surface area contributed by atoms with Crippen molar-refractivity contribution in [2.24, 2.45) is 0 Å². The highest BCUT2D eigenvalue weighted by atomic mass is 16.4. The zero-order valence-corrected chi connectivity index (χ0v) is 10.0. The predicted octanol–water partition coefficient (Wildman–Crippen LogP) is 1.95. The van der Waals surface area contributed by atoms with Gasteiger partial charge in [0.1, 0.15) is 0 Å². The lowest BCUT2D eigenvalue weighted by molar-refractivity contribution is 0.0694. The molecular formula is C13H18N2O2. The molecule has 1 saturated carbocycles.